The quantitative estimate of drug-likeness (QED) is 0.223. The van der Waals surface area contributed by atoms with Crippen LogP contribution in [0.5, 0.6) is 17.2 Å². The number of benzene rings is 4. The van der Waals surface area contributed by atoms with Gasteiger partial charge >= 0.3 is 0 Å². The lowest BCUT2D eigenvalue weighted by molar-refractivity contribution is 0.0840. The van der Waals surface area contributed by atoms with Crippen LogP contribution >= 0.6 is 0 Å². The summed E-state index contributed by atoms with van der Waals surface area (Å²) >= 11 is 0. The van der Waals surface area contributed by atoms with Crippen LogP contribution in [0.25, 0.3) is 6.08 Å². The van der Waals surface area contributed by atoms with Crippen LogP contribution in [0.3, 0.4) is 0 Å². The summed E-state index contributed by atoms with van der Waals surface area (Å²) in [4.78, 5) is 13.5. The van der Waals surface area contributed by atoms with Gasteiger partial charge in [0.1, 0.15) is 28.9 Å². The summed E-state index contributed by atoms with van der Waals surface area (Å²) in [6, 6.07) is 31.0. The molecule has 1 aliphatic heterocycles. The minimum Gasteiger partial charge on any atom is -0.507 e. The normalized spacial score (nSPS) is 16.2. The van der Waals surface area contributed by atoms with Gasteiger partial charge in [0.2, 0.25) is 0 Å². The van der Waals surface area contributed by atoms with E-state index in [1.807, 2.05) is 103 Å². The van der Waals surface area contributed by atoms with Crippen LogP contribution < -0.4 is 9.47 Å². The predicted octanol–water partition coefficient (Wildman–Crippen LogP) is 7.29. The number of aliphatic hydroxyl groups excluding tert-OH is 1. The Morgan fingerprint density at radius 3 is 2.30 bits per heavy atom. The van der Waals surface area contributed by atoms with Crippen molar-refractivity contribution in [3.8, 4) is 17.2 Å². The Kier molecular flexibility index (Phi) is 8.62. The zero-order valence-electron chi connectivity index (χ0n) is 22.6. The van der Waals surface area contributed by atoms with E-state index in [0.29, 0.717) is 29.7 Å². The molecular formula is C35H34O5. The van der Waals surface area contributed by atoms with Gasteiger partial charge in [0.15, 0.2) is 5.78 Å². The summed E-state index contributed by atoms with van der Waals surface area (Å²) in [5.74, 6) is 0.0368. The Bertz CT molecular complexity index is 1450. The van der Waals surface area contributed by atoms with E-state index in [0.717, 1.165) is 23.1 Å². The first-order valence-electron chi connectivity index (χ1n) is 13.7. The molecule has 1 aliphatic rings. The van der Waals surface area contributed by atoms with Crippen molar-refractivity contribution >= 4 is 11.9 Å². The van der Waals surface area contributed by atoms with E-state index in [1.165, 1.54) is 13.2 Å². The van der Waals surface area contributed by atoms with E-state index >= 15 is 0 Å². The van der Waals surface area contributed by atoms with Crippen LogP contribution in [0.1, 0.15) is 63.9 Å². The van der Waals surface area contributed by atoms with Crippen LogP contribution in [-0.4, -0.2) is 29.2 Å². The molecule has 40 heavy (non-hydrogen) atoms. The number of allylic oxidation sites excluding steroid dienone is 1. The SMILES string of the molecule is COc1cc(O)c([C@H](/C=C/c2ccccc2)C[C@H](O)CCc2ccccc2)c2c1C(=O)C[C@H](c1ccccc1)O2. The van der Waals surface area contributed by atoms with Crippen molar-refractivity contribution in [2.75, 3.05) is 7.11 Å². The maximum atomic E-state index is 13.5. The van der Waals surface area contributed by atoms with Crippen LogP contribution in [-0.2, 0) is 6.42 Å². The molecule has 0 saturated carbocycles. The standard InChI is InChI=1S/C35H34O5/c1-39-32-23-29(37)33(35-34(32)30(38)22-31(40-35)26-15-9-4-10-16-26)27(19-17-24-11-5-2-6-12-24)21-28(36)20-18-25-13-7-3-8-14-25/h2-17,19,23,27-28,31,36-37H,18,20-22H2,1H3/b19-17+/t27-,28-,31-/m1/s1. The Hall–Kier alpha value is -4.35. The van der Waals surface area contributed by atoms with Gasteiger partial charge in [-0.25, -0.2) is 0 Å². The molecule has 0 bridgehead atoms. The second-order valence-electron chi connectivity index (χ2n) is 10.2. The number of phenolic OH excluding ortho intramolecular Hbond substituents is 1. The third-order valence-electron chi connectivity index (χ3n) is 7.39. The lowest BCUT2D eigenvalue weighted by atomic mass is 9.85. The minimum atomic E-state index is -0.646. The lowest BCUT2D eigenvalue weighted by Gasteiger charge is -2.31. The maximum absolute atomic E-state index is 13.5. The first-order valence-corrected chi connectivity index (χ1v) is 13.7. The molecule has 3 atom stereocenters. The second-order valence-corrected chi connectivity index (χ2v) is 10.2. The van der Waals surface area contributed by atoms with E-state index in [1.54, 1.807) is 0 Å². The molecule has 204 valence electrons. The van der Waals surface area contributed by atoms with Crippen LogP contribution in [0.15, 0.2) is 103 Å². The summed E-state index contributed by atoms with van der Waals surface area (Å²) in [5, 5.41) is 22.5. The number of carbonyl (C=O) groups excluding carboxylic acids is 1. The number of Topliss-reactive ketones (excluding diaryl/α,β-unsaturated/α-hetero) is 1. The fraction of sp³-hybridized carbons (Fsp3) is 0.229. The van der Waals surface area contributed by atoms with Gasteiger partial charge < -0.3 is 19.7 Å². The van der Waals surface area contributed by atoms with Crippen molar-refractivity contribution < 1.29 is 24.5 Å². The zero-order chi connectivity index (χ0) is 27.9. The first-order chi connectivity index (χ1) is 19.5. The fourth-order valence-electron chi connectivity index (χ4n) is 5.32. The number of aromatic hydroxyl groups is 1. The Balaban J connectivity index is 1.53. The van der Waals surface area contributed by atoms with Crippen molar-refractivity contribution in [1.29, 1.82) is 0 Å². The molecule has 1 heterocycles. The molecule has 0 spiro atoms. The van der Waals surface area contributed by atoms with Gasteiger partial charge in [-0.15, -0.1) is 0 Å². The van der Waals surface area contributed by atoms with Crippen molar-refractivity contribution in [3.05, 3.63) is 131 Å². The number of hydrogen-bond acceptors (Lipinski definition) is 5. The van der Waals surface area contributed by atoms with Crippen molar-refractivity contribution in [3.63, 3.8) is 0 Å². The van der Waals surface area contributed by atoms with Gasteiger partial charge in [-0.3, -0.25) is 4.79 Å². The van der Waals surface area contributed by atoms with Gasteiger partial charge in [0.05, 0.1) is 19.6 Å². The molecule has 0 amide bonds. The monoisotopic (exact) mass is 534 g/mol. The summed E-state index contributed by atoms with van der Waals surface area (Å²) in [7, 11) is 1.48. The summed E-state index contributed by atoms with van der Waals surface area (Å²) < 4.78 is 12.0. The molecule has 0 saturated heterocycles. The van der Waals surface area contributed by atoms with Crippen LogP contribution in [0.4, 0.5) is 0 Å². The van der Waals surface area contributed by atoms with E-state index in [2.05, 4.69) is 0 Å². The number of aliphatic hydroxyl groups is 1. The van der Waals surface area contributed by atoms with Crippen molar-refractivity contribution in [2.45, 2.75) is 43.8 Å². The number of ketones is 1. The molecule has 5 heteroatoms. The summed E-state index contributed by atoms with van der Waals surface area (Å²) in [6.07, 6.45) is 4.62. The number of aryl methyl sites for hydroxylation is 1. The van der Waals surface area contributed by atoms with Crippen LogP contribution in [0.2, 0.25) is 0 Å². The molecule has 5 rings (SSSR count). The summed E-state index contributed by atoms with van der Waals surface area (Å²) in [6.45, 7) is 0. The number of methoxy groups -OCH3 is 1. The minimum absolute atomic E-state index is 0.0323. The van der Waals surface area contributed by atoms with E-state index in [-0.39, 0.29) is 23.7 Å². The molecule has 0 fully saturated rings. The highest BCUT2D eigenvalue weighted by atomic mass is 16.5. The number of phenols is 1. The maximum Gasteiger partial charge on any atom is 0.174 e. The second kappa shape index (κ2) is 12.7. The molecule has 0 aliphatic carbocycles. The topological polar surface area (TPSA) is 76.0 Å². The Morgan fingerprint density at radius 2 is 1.62 bits per heavy atom. The molecular weight excluding hydrogens is 500 g/mol. The average Bonchev–Trinajstić information content (AvgIpc) is 2.99. The highest BCUT2D eigenvalue weighted by Crippen LogP contribution is 2.49. The average molecular weight is 535 g/mol. The van der Waals surface area contributed by atoms with E-state index < -0.39 is 18.1 Å². The largest absolute Gasteiger partial charge is 0.507 e. The highest BCUT2D eigenvalue weighted by molar-refractivity contribution is 6.03. The number of fused-ring (bicyclic) bond motifs is 1. The third kappa shape index (κ3) is 6.27. The highest BCUT2D eigenvalue weighted by Gasteiger charge is 2.36. The van der Waals surface area contributed by atoms with Gasteiger partial charge in [0, 0.05) is 17.5 Å². The molecule has 4 aromatic rings. The molecule has 0 aromatic heterocycles. The van der Waals surface area contributed by atoms with Gasteiger partial charge in [-0.1, -0.05) is 103 Å². The first kappa shape index (κ1) is 27.2. The molecule has 0 unspecified atom stereocenters. The zero-order valence-corrected chi connectivity index (χ0v) is 22.6. The van der Waals surface area contributed by atoms with Crippen molar-refractivity contribution in [1.82, 2.24) is 0 Å². The van der Waals surface area contributed by atoms with E-state index in [4.69, 9.17) is 9.47 Å². The fourth-order valence-corrected chi connectivity index (χ4v) is 5.32. The van der Waals surface area contributed by atoms with Crippen molar-refractivity contribution in [2.24, 2.45) is 0 Å². The number of carbonyl (C=O) groups is 1. The number of hydrogen-bond donors (Lipinski definition) is 2. The van der Waals surface area contributed by atoms with Gasteiger partial charge in [-0.2, -0.15) is 0 Å². The Labute approximate surface area is 235 Å². The molecule has 0 radical (unpaired) electrons. The lowest BCUT2D eigenvalue weighted by Crippen LogP contribution is -2.23. The molecule has 2 N–H and O–H groups in total. The Morgan fingerprint density at radius 1 is 0.975 bits per heavy atom. The predicted molar refractivity (Wildman–Crippen MR) is 157 cm³/mol. The molecule has 5 nitrogen and oxygen atoms in total. The van der Waals surface area contributed by atoms with Gasteiger partial charge in [-0.05, 0) is 36.0 Å². The van der Waals surface area contributed by atoms with E-state index in [9.17, 15) is 15.0 Å². The number of ether oxygens (including phenoxy) is 2. The third-order valence-corrected chi connectivity index (χ3v) is 7.39. The molecule has 4 aromatic carbocycles. The van der Waals surface area contributed by atoms with Gasteiger partial charge in [0.25, 0.3) is 0 Å². The van der Waals surface area contributed by atoms with Crippen LogP contribution in [0, 0.1) is 0 Å². The summed E-state index contributed by atoms with van der Waals surface area (Å²) in [5.41, 5.74) is 3.85. The number of rotatable bonds is 10. The smallest absolute Gasteiger partial charge is 0.174 e.